The Hall–Kier alpha value is -0.910. The lowest BCUT2D eigenvalue weighted by molar-refractivity contribution is -0.150. The zero-order valence-electron chi connectivity index (χ0n) is 10.5. The van der Waals surface area contributed by atoms with Crippen LogP contribution in [0.5, 0.6) is 5.75 Å². The number of ether oxygens (including phenoxy) is 2. The maximum absolute atomic E-state index is 11.2. The molecule has 0 aliphatic carbocycles. The molecule has 0 aromatic heterocycles. The van der Waals surface area contributed by atoms with E-state index in [4.69, 9.17) is 16.3 Å². The Balaban J connectivity index is 2.10. The highest BCUT2D eigenvalue weighted by molar-refractivity contribution is 7.99. The van der Waals surface area contributed by atoms with Gasteiger partial charge in [-0.05, 0) is 29.9 Å². The molecule has 6 heteroatoms. The van der Waals surface area contributed by atoms with E-state index in [2.05, 4.69) is 4.74 Å². The largest absolute Gasteiger partial charge is 0.488 e. The fourth-order valence-electron chi connectivity index (χ4n) is 1.82. The first-order valence-electron chi connectivity index (χ1n) is 5.91. The minimum absolute atomic E-state index is 0.180. The number of benzene rings is 1. The monoisotopic (exact) mass is 302 g/mol. The Bertz CT molecular complexity index is 460. The van der Waals surface area contributed by atoms with E-state index >= 15 is 0 Å². The third-order valence-electron chi connectivity index (χ3n) is 2.88. The van der Waals surface area contributed by atoms with Gasteiger partial charge in [0.25, 0.3) is 0 Å². The molecule has 104 valence electrons. The summed E-state index contributed by atoms with van der Waals surface area (Å²) in [4.78, 5) is 11.2. The van der Waals surface area contributed by atoms with Crippen LogP contribution in [0.1, 0.15) is 18.1 Å². The van der Waals surface area contributed by atoms with Crippen molar-refractivity contribution in [3.05, 3.63) is 28.8 Å². The third-order valence-corrected chi connectivity index (χ3v) is 4.30. The quantitative estimate of drug-likeness (QED) is 0.866. The van der Waals surface area contributed by atoms with E-state index in [1.165, 1.54) is 13.2 Å². The molecule has 4 nitrogen and oxygen atoms in total. The standard InChI is InChI=1S/C13H15ClO4S/c1-17-13(16)12(15)8-2-3-11(10(14)6-8)18-9-4-5-19-7-9/h2-3,6,9,12,15H,4-5,7H2,1H3. The maximum atomic E-state index is 11.2. The smallest absolute Gasteiger partial charge is 0.339 e. The van der Waals surface area contributed by atoms with Crippen molar-refractivity contribution < 1.29 is 19.4 Å². The number of aliphatic hydroxyl groups excluding tert-OH is 1. The number of methoxy groups -OCH3 is 1. The summed E-state index contributed by atoms with van der Waals surface area (Å²) in [5.41, 5.74) is 0.394. The second kappa shape index (κ2) is 6.50. The molecule has 0 amide bonds. The molecule has 0 bridgehead atoms. The first kappa shape index (κ1) is 14.5. The summed E-state index contributed by atoms with van der Waals surface area (Å²) < 4.78 is 10.3. The van der Waals surface area contributed by atoms with Crippen LogP contribution in [0.15, 0.2) is 18.2 Å². The molecule has 1 aliphatic rings. The lowest BCUT2D eigenvalue weighted by atomic mass is 10.1. The highest BCUT2D eigenvalue weighted by atomic mass is 35.5. The van der Waals surface area contributed by atoms with Gasteiger partial charge >= 0.3 is 5.97 Å². The van der Waals surface area contributed by atoms with Gasteiger partial charge < -0.3 is 14.6 Å². The Morgan fingerprint density at radius 2 is 2.37 bits per heavy atom. The molecule has 1 aliphatic heterocycles. The summed E-state index contributed by atoms with van der Waals surface area (Å²) in [5, 5.41) is 10.1. The highest BCUT2D eigenvalue weighted by Gasteiger charge is 2.21. The first-order valence-corrected chi connectivity index (χ1v) is 7.45. The van der Waals surface area contributed by atoms with Gasteiger partial charge in [0.15, 0.2) is 6.10 Å². The van der Waals surface area contributed by atoms with Crippen molar-refractivity contribution in [2.45, 2.75) is 18.6 Å². The SMILES string of the molecule is COC(=O)C(O)c1ccc(OC2CCSC2)c(Cl)c1. The van der Waals surface area contributed by atoms with Crippen molar-refractivity contribution in [1.82, 2.24) is 0 Å². The van der Waals surface area contributed by atoms with E-state index in [0.29, 0.717) is 16.3 Å². The van der Waals surface area contributed by atoms with Crippen molar-refractivity contribution in [2.75, 3.05) is 18.6 Å². The second-order valence-corrected chi connectivity index (χ2v) is 5.78. The second-order valence-electron chi connectivity index (χ2n) is 4.22. The van der Waals surface area contributed by atoms with Crippen LogP contribution in [0, 0.1) is 0 Å². The van der Waals surface area contributed by atoms with Crippen molar-refractivity contribution in [3.63, 3.8) is 0 Å². The Morgan fingerprint density at radius 3 is 2.95 bits per heavy atom. The zero-order chi connectivity index (χ0) is 13.8. The predicted octanol–water partition coefficient (Wildman–Crippen LogP) is 2.43. The lowest BCUT2D eigenvalue weighted by Crippen LogP contribution is -2.16. The summed E-state index contributed by atoms with van der Waals surface area (Å²) >= 11 is 7.96. The normalized spacial score (nSPS) is 20.1. The minimum Gasteiger partial charge on any atom is -0.488 e. The van der Waals surface area contributed by atoms with E-state index in [9.17, 15) is 9.90 Å². The molecule has 19 heavy (non-hydrogen) atoms. The van der Waals surface area contributed by atoms with Gasteiger partial charge in [-0.2, -0.15) is 11.8 Å². The van der Waals surface area contributed by atoms with E-state index in [0.717, 1.165) is 17.9 Å². The molecular formula is C13H15ClO4S. The van der Waals surface area contributed by atoms with Gasteiger partial charge in [-0.25, -0.2) is 4.79 Å². The average Bonchev–Trinajstić information content (AvgIpc) is 2.92. The minimum atomic E-state index is -1.32. The number of hydrogen-bond acceptors (Lipinski definition) is 5. The van der Waals surface area contributed by atoms with E-state index < -0.39 is 12.1 Å². The first-order chi connectivity index (χ1) is 9.11. The Morgan fingerprint density at radius 1 is 1.58 bits per heavy atom. The number of esters is 1. The summed E-state index contributed by atoms with van der Waals surface area (Å²) in [7, 11) is 1.22. The average molecular weight is 303 g/mol. The predicted molar refractivity (Wildman–Crippen MR) is 74.8 cm³/mol. The molecule has 1 fully saturated rings. The molecule has 0 saturated carbocycles. The number of rotatable bonds is 4. The number of halogens is 1. The van der Waals surface area contributed by atoms with Crippen LogP contribution in [0.25, 0.3) is 0 Å². The molecule has 2 rings (SSSR count). The molecule has 1 saturated heterocycles. The summed E-state index contributed by atoms with van der Waals surface area (Å²) in [5.74, 6) is 1.93. The fourth-order valence-corrected chi connectivity index (χ4v) is 3.14. The Kier molecular flexibility index (Phi) is 4.96. The van der Waals surface area contributed by atoms with Crippen LogP contribution in [0.2, 0.25) is 5.02 Å². The van der Waals surface area contributed by atoms with Crippen LogP contribution in [0.3, 0.4) is 0 Å². The molecular weight excluding hydrogens is 288 g/mol. The number of carbonyl (C=O) groups is 1. The highest BCUT2D eigenvalue weighted by Crippen LogP contribution is 2.31. The van der Waals surface area contributed by atoms with Gasteiger partial charge in [0.05, 0.1) is 12.1 Å². The van der Waals surface area contributed by atoms with Crippen LogP contribution < -0.4 is 4.74 Å². The van der Waals surface area contributed by atoms with Gasteiger partial charge in [0.1, 0.15) is 11.9 Å². The van der Waals surface area contributed by atoms with Gasteiger partial charge in [-0.15, -0.1) is 0 Å². The zero-order valence-corrected chi connectivity index (χ0v) is 12.0. The third kappa shape index (κ3) is 3.55. The van der Waals surface area contributed by atoms with Gasteiger partial charge in [-0.3, -0.25) is 0 Å². The van der Waals surface area contributed by atoms with Crippen molar-refractivity contribution in [3.8, 4) is 5.75 Å². The molecule has 1 aromatic carbocycles. The molecule has 1 N–H and O–H groups in total. The number of thioether (sulfide) groups is 1. The van der Waals surface area contributed by atoms with Crippen molar-refractivity contribution in [2.24, 2.45) is 0 Å². The molecule has 0 radical (unpaired) electrons. The topological polar surface area (TPSA) is 55.8 Å². The fraction of sp³-hybridized carbons (Fsp3) is 0.462. The molecule has 0 spiro atoms. The van der Waals surface area contributed by atoms with E-state index in [1.807, 2.05) is 11.8 Å². The number of carbonyl (C=O) groups excluding carboxylic acids is 1. The van der Waals surface area contributed by atoms with E-state index in [-0.39, 0.29) is 6.10 Å². The number of hydrogen-bond donors (Lipinski definition) is 1. The van der Waals surface area contributed by atoms with Crippen LogP contribution in [-0.2, 0) is 9.53 Å². The lowest BCUT2D eigenvalue weighted by Gasteiger charge is -2.15. The molecule has 1 aromatic rings. The van der Waals surface area contributed by atoms with Crippen LogP contribution in [0.4, 0.5) is 0 Å². The summed E-state index contributed by atoms with van der Waals surface area (Å²) in [6.07, 6.45) is -0.134. The Labute approximate surface area is 121 Å². The number of aliphatic hydroxyl groups is 1. The van der Waals surface area contributed by atoms with Crippen LogP contribution >= 0.6 is 23.4 Å². The maximum Gasteiger partial charge on any atom is 0.339 e. The van der Waals surface area contributed by atoms with E-state index in [1.54, 1.807) is 12.1 Å². The van der Waals surface area contributed by atoms with Gasteiger partial charge in [-0.1, -0.05) is 17.7 Å². The molecule has 2 unspecified atom stereocenters. The molecule has 2 atom stereocenters. The molecule has 1 heterocycles. The van der Waals surface area contributed by atoms with Gasteiger partial charge in [0.2, 0.25) is 0 Å². The summed E-state index contributed by atoms with van der Waals surface area (Å²) in [6.45, 7) is 0. The van der Waals surface area contributed by atoms with Gasteiger partial charge in [0, 0.05) is 5.75 Å². The summed E-state index contributed by atoms with van der Waals surface area (Å²) in [6, 6.07) is 4.82. The van der Waals surface area contributed by atoms with Crippen molar-refractivity contribution >= 4 is 29.3 Å². The van der Waals surface area contributed by atoms with Crippen molar-refractivity contribution in [1.29, 1.82) is 0 Å². The van der Waals surface area contributed by atoms with Crippen LogP contribution in [-0.4, -0.2) is 35.8 Å².